The van der Waals surface area contributed by atoms with Crippen molar-refractivity contribution in [3.05, 3.63) is 12.7 Å². The summed E-state index contributed by atoms with van der Waals surface area (Å²) in [6, 6.07) is -0.679. The van der Waals surface area contributed by atoms with Crippen molar-refractivity contribution in [1.29, 1.82) is 0 Å². The Balaban J connectivity index is 1.20. The highest BCUT2D eigenvalue weighted by Gasteiger charge is 2.61. The van der Waals surface area contributed by atoms with Crippen LogP contribution in [0.5, 0.6) is 0 Å². The van der Waals surface area contributed by atoms with Gasteiger partial charge in [-0.1, -0.05) is 20.4 Å². The summed E-state index contributed by atoms with van der Waals surface area (Å²) in [6.45, 7) is 12.7. The van der Waals surface area contributed by atoms with Crippen LogP contribution in [-0.2, 0) is 4.79 Å². The molecular formula is C32H51F2N7O2. The van der Waals surface area contributed by atoms with Gasteiger partial charge < -0.3 is 25.8 Å². The molecular weight excluding hydrogens is 552 g/mol. The summed E-state index contributed by atoms with van der Waals surface area (Å²) in [5, 5.41) is 14.4. The van der Waals surface area contributed by atoms with E-state index in [2.05, 4.69) is 46.6 Å². The minimum Gasteiger partial charge on any atom is -0.338 e. The van der Waals surface area contributed by atoms with E-state index in [4.69, 9.17) is 0 Å². The lowest BCUT2D eigenvalue weighted by molar-refractivity contribution is -0.172. The molecule has 240 valence electrons. The van der Waals surface area contributed by atoms with Crippen LogP contribution in [0.1, 0.15) is 58.8 Å². The van der Waals surface area contributed by atoms with Crippen molar-refractivity contribution < 1.29 is 18.4 Å². The maximum Gasteiger partial charge on any atom is 0.320 e. The summed E-state index contributed by atoms with van der Waals surface area (Å²) in [4.78, 5) is 32.5. The Labute approximate surface area is 254 Å². The Kier molecular flexibility index (Phi) is 8.00. The SMILES string of the molecule is C=CC(=O)N1CC2(C1)CN(C1NC(=O)N3C4NC(C(F)CC14)C1C(F)CCCC1NCCCC1CCNC(C(C)C)C13)C2. The average molecular weight is 604 g/mol. The van der Waals surface area contributed by atoms with Gasteiger partial charge in [-0.05, 0) is 75.9 Å². The molecule has 7 fully saturated rings. The molecule has 7 rings (SSSR count). The fraction of sp³-hybridized carbons (Fsp3) is 0.875. The van der Waals surface area contributed by atoms with Crippen LogP contribution in [0.25, 0.3) is 0 Å². The van der Waals surface area contributed by atoms with Crippen molar-refractivity contribution in [2.45, 2.75) is 108 Å². The third-order valence-electron chi connectivity index (χ3n) is 12.1. The van der Waals surface area contributed by atoms with Crippen LogP contribution in [0.4, 0.5) is 13.6 Å². The Morgan fingerprint density at radius 2 is 1.79 bits per heavy atom. The second kappa shape index (κ2) is 11.5. The number of rotatable bonds is 3. The zero-order valence-corrected chi connectivity index (χ0v) is 25.8. The Hall–Kier alpha value is -1.82. The molecule has 6 saturated heterocycles. The van der Waals surface area contributed by atoms with Crippen LogP contribution in [0.3, 0.4) is 0 Å². The van der Waals surface area contributed by atoms with Gasteiger partial charge in [0.25, 0.3) is 0 Å². The number of piperidine rings is 2. The lowest BCUT2D eigenvalue weighted by Crippen LogP contribution is -2.82. The lowest BCUT2D eigenvalue weighted by atomic mass is 9.69. The first-order valence-electron chi connectivity index (χ1n) is 16.9. The summed E-state index contributed by atoms with van der Waals surface area (Å²) in [7, 11) is 0. The van der Waals surface area contributed by atoms with Crippen LogP contribution in [0.2, 0.25) is 0 Å². The van der Waals surface area contributed by atoms with Crippen LogP contribution in [0, 0.1) is 29.1 Å². The molecule has 0 aromatic rings. The predicted molar refractivity (Wildman–Crippen MR) is 160 cm³/mol. The van der Waals surface area contributed by atoms with E-state index in [0.29, 0.717) is 37.8 Å². The van der Waals surface area contributed by atoms with Crippen molar-refractivity contribution in [3.8, 4) is 0 Å². The summed E-state index contributed by atoms with van der Waals surface area (Å²) in [5.41, 5.74) is 0.0380. The number of amides is 3. The predicted octanol–water partition coefficient (Wildman–Crippen LogP) is 2.20. The van der Waals surface area contributed by atoms with E-state index in [-0.39, 0.29) is 53.7 Å². The molecule has 6 heterocycles. The van der Waals surface area contributed by atoms with Gasteiger partial charge in [-0.25, -0.2) is 13.6 Å². The number of fused-ring (bicyclic) bond motifs is 5. The Morgan fingerprint density at radius 1 is 1.00 bits per heavy atom. The van der Waals surface area contributed by atoms with Crippen molar-refractivity contribution in [2.75, 3.05) is 39.3 Å². The fourth-order valence-electron chi connectivity index (χ4n) is 10.2. The van der Waals surface area contributed by atoms with E-state index in [1.807, 2.05) is 9.80 Å². The quantitative estimate of drug-likeness (QED) is 0.370. The molecule has 0 aromatic carbocycles. The van der Waals surface area contributed by atoms with Gasteiger partial charge in [0.1, 0.15) is 12.3 Å². The van der Waals surface area contributed by atoms with Gasteiger partial charge in [-0.3, -0.25) is 15.0 Å². The first kappa shape index (κ1) is 29.9. The number of urea groups is 1. The number of nitrogens with one attached hydrogen (secondary N) is 4. The van der Waals surface area contributed by atoms with Crippen molar-refractivity contribution in [1.82, 2.24) is 36.0 Å². The first-order chi connectivity index (χ1) is 20.7. The number of hydrogen-bond donors (Lipinski definition) is 4. The molecule has 43 heavy (non-hydrogen) atoms. The highest BCUT2D eigenvalue weighted by Crippen LogP contribution is 2.46. The number of hydrogen-bond acceptors (Lipinski definition) is 6. The third-order valence-corrected chi connectivity index (χ3v) is 12.1. The molecule has 1 spiro atoms. The lowest BCUT2D eigenvalue weighted by Gasteiger charge is -2.65. The topological polar surface area (TPSA) is 92.0 Å². The standard InChI is InChI=1S/C32H51F2N7O2/c1-4-24(42)39-14-32(15-39)16-40(17-32)29-20-13-22(34)27-25-21(33)8-5-9-23(25)35-11-6-7-19-10-12-36-26(18(2)3)28(19)41(30(20)37-27)31(43)38-29/h4,18-23,25-30,35-37H,1,5-17H2,2-3H3,(H,38,43). The van der Waals surface area contributed by atoms with E-state index < -0.39 is 24.3 Å². The Morgan fingerprint density at radius 3 is 2.53 bits per heavy atom. The summed E-state index contributed by atoms with van der Waals surface area (Å²) in [6.07, 6.45) is 3.87. The number of alkyl halides is 2. The maximum absolute atomic E-state index is 16.4. The van der Waals surface area contributed by atoms with Crippen molar-refractivity contribution >= 4 is 11.9 Å². The van der Waals surface area contributed by atoms with E-state index >= 15 is 8.78 Å². The van der Waals surface area contributed by atoms with Crippen LogP contribution in [0.15, 0.2) is 12.7 Å². The molecule has 3 amide bonds. The summed E-state index contributed by atoms with van der Waals surface area (Å²) in [5.74, 6) is 0.000608. The highest BCUT2D eigenvalue weighted by molar-refractivity contribution is 5.87. The zero-order chi connectivity index (χ0) is 30.0. The van der Waals surface area contributed by atoms with Crippen LogP contribution < -0.4 is 21.3 Å². The van der Waals surface area contributed by atoms with Gasteiger partial charge in [-0.2, -0.15) is 0 Å². The molecule has 1 saturated carbocycles. The van der Waals surface area contributed by atoms with Gasteiger partial charge in [-0.15, -0.1) is 0 Å². The zero-order valence-electron chi connectivity index (χ0n) is 25.8. The number of likely N-dealkylation sites (tertiary alicyclic amines) is 2. The molecule has 0 radical (unpaired) electrons. The highest BCUT2D eigenvalue weighted by atomic mass is 19.1. The second-order valence-corrected chi connectivity index (χ2v) is 15.1. The monoisotopic (exact) mass is 603 g/mol. The Bertz CT molecular complexity index is 1080. The van der Waals surface area contributed by atoms with Gasteiger partial charge in [0.2, 0.25) is 5.91 Å². The summed E-state index contributed by atoms with van der Waals surface area (Å²) < 4.78 is 32.2. The van der Waals surface area contributed by atoms with E-state index in [1.165, 1.54) is 6.08 Å². The molecule has 0 aromatic heterocycles. The smallest absolute Gasteiger partial charge is 0.320 e. The minimum absolute atomic E-state index is 0.0258. The number of halogens is 2. The molecule has 11 heteroatoms. The van der Waals surface area contributed by atoms with Gasteiger partial charge >= 0.3 is 6.03 Å². The van der Waals surface area contributed by atoms with Gasteiger partial charge in [0.05, 0.1) is 18.4 Å². The van der Waals surface area contributed by atoms with Crippen LogP contribution in [-0.4, -0.2) is 115 Å². The molecule has 11 atom stereocenters. The van der Waals surface area contributed by atoms with Crippen LogP contribution >= 0.6 is 0 Å². The molecule has 9 nitrogen and oxygen atoms in total. The molecule has 7 aliphatic rings. The number of carbonyl (C=O) groups is 2. The van der Waals surface area contributed by atoms with E-state index in [0.717, 1.165) is 58.3 Å². The van der Waals surface area contributed by atoms with Gasteiger partial charge in [0.15, 0.2) is 0 Å². The maximum atomic E-state index is 16.4. The fourth-order valence-corrected chi connectivity index (χ4v) is 10.2. The van der Waals surface area contributed by atoms with Crippen molar-refractivity contribution in [2.24, 2.45) is 29.1 Å². The average Bonchev–Trinajstić information content (AvgIpc) is 2.93. The first-order valence-corrected chi connectivity index (χ1v) is 16.9. The molecule has 6 aliphatic heterocycles. The number of carbonyl (C=O) groups excluding carboxylic acids is 2. The molecule has 11 unspecified atom stereocenters. The largest absolute Gasteiger partial charge is 0.338 e. The molecule has 2 bridgehead atoms. The molecule has 1 aliphatic carbocycles. The van der Waals surface area contributed by atoms with Gasteiger partial charge in [0, 0.05) is 61.6 Å². The summed E-state index contributed by atoms with van der Waals surface area (Å²) >= 11 is 0. The second-order valence-electron chi connectivity index (χ2n) is 15.1. The molecule has 4 N–H and O–H groups in total. The van der Waals surface area contributed by atoms with E-state index in [9.17, 15) is 9.59 Å². The minimum atomic E-state index is -1.20. The normalized spacial score (nSPS) is 44.6. The third kappa shape index (κ3) is 5.10. The van der Waals surface area contributed by atoms with E-state index in [1.54, 1.807) is 0 Å². The number of nitrogens with zero attached hydrogens (tertiary/aromatic N) is 3. The van der Waals surface area contributed by atoms with Crippen molar-refractivity contribution in [3.63, 3.8) is 0 Å².